The van der Waals surface area contributed by atoms with Crippen molar-refractivity contribution < 1.29 is 13.9 Å². The van der Waals surface area contributed by atoms with Crippen molar-refractivity contribution in [3.63, 3.8) is 0 Å². The highest BCUT2D eigenvalue weighted by molar-refractivity contribution is 5.21. The van der Waals surface area contributed by atoms with E-state index in [0.717, 1.165) is 12.1 Å². The zero-order valence-electron chi connectivity index (χ0n) is 10.1. The number of aliphatic hydroxyl groups excluding tert-OH is 1. The standard InChI is InChI=1S/C12H14F2N4O/c13-9-1-2-10(11(14)7-9)12(19)8-15-3-5-18-6-4-16-17-18/h1-2,4,6-7,12,15,19H,3,5,8H2. The van der Waals surface area contributed by atoms with Gasteiger partial charge in [-0.1, -0.05) is 11.3 Å². The fraction of sp³-hybridized carbons (Fsp3) is 0.333. The first kappa shape index (κ1) is 13.6. The molecular weight excluding hydrogens is 254 g/mol. The second-order valence-corrected chi connectivity index (χ2v) is 4.05. The molecule has 2 aromatic rings. The molecule has 0 radical (unpaired) electrons. The van der Waals surface area contributed by atoms with Crippen LogP contribution < -0.4 is 5.32 Å². The van der Waals surface area contributed by atoms with Crippen LogP contribution in [0.25, 0.3) is 0 Å². The average molecular weight is 268 g/mol. The number of aliphatic hydroxyl groups is 1. The number of hydrogen-bond acceptors (Lipinski definition) is 4. The Morgan fingerprint density at radius 2 is 2.21 bits per heavy atom. The quantitative estimate of drug-likeness (QED) is 0.763. The summed E-state index contributed by atoms with van der Waals surface area (Å²) in [5, 5.41) is 20.2. The number of nitrogens with one attached hydrogen (secondary N) is 1. The maximum atomic E-state index is 13.4. The Balaban J connectivity index is 1.79. The lowest BCUT2D eigenvalue weighted by Gasteiger charge is -2.13. The molecule has 1 atom stereocenters. The molecule has 2 rings (SSSR count). The first-order chi connectivity index (χ1) is 9.16. The molecule has 0 aliphatic rings. The number of benzene rings is 1. The maximum absolute atomic E-state index is 13.4. The van der Waals surface area contributed by atoms with Gasteiger partial charge >= 0.3 is 0 Å². The molecule has 0 saturated carbocycles. The Hall–Kier alpha value is -1.86. The third-order valence-corrected chi connectivity index (χ3v) is 2.65. The van der Waals surface area contributed by atoms with Crippen molar-refractivity contribution in [2.24, 2.45) is 0 Å². The maximum Gasteiger partial charge on any atom is 0.131 e. The molecule has 5 nitrogen and oxygen atoms in total. The predicted octanol–water partition coefficient (Wildman–Crippen LogP) is 0.879. The van der Waals surface area contributed by atoms with Gasteiger partial charge in [-0.05, 0) is 6.07 Å². The van der Waals surface area contributed by atoms with Gasteiger partial charge in [-0.25, -0.2) is 8.78 Å². The van der Waals surface area contributed by atoms with Gasteiger partial charge in [-0.2, -0.15) is 0 Å². The van der Waals surface area contributed by atoms with E-state index < -0.39 is 17.7 Å². The van der Waals surface area contributed by atoms with Gasteiger partial charge in [0.15, 0.2) is 0 Å². The predicted molar refractivity (Wildman–Crippen MR) is 64.2 cm³/mol. The fourth-order valence-electron chi connectivity index (χ4n) is 1.67. The average Bonchev–Trinajstić information content (AvgIpc) is 2.87. The van der Waals surface area contributed by atoms with Crippen molar-refractivity contribution in [3.05, 3.63) is 47.8 Å². The number of aromatic nitrogens is 3. The van der Waals surface area contributed by atoms with Crippen molar-refractivity contribution in [2.45, 2.75) is 12.6 Å². The third-order valence-electron chi connectivity index (χ3n) is 2.65. The molecule has 19 heavy (non-hydrogen) atoms. The lowest BCUT2D eigenvalue weighted by atomic mass is 10.1. The number of halogens is 2. The van der Waals surface area contributed by atoms with Gasteiger partial charge in [0, 0.05) is 30.9 Å². The summed E-state index contributed by atoms with van der Waals surface area (Å²) in [6.07, 6.45) is 2.27. The SMILES string of the molecule is OC(CNCCn1ccnn1)c1ccc(F)cc1F. The molecule has 1 aromatic heterocycles. The van der Waals surface area contributed by atoms with E-state index in [-0.39, 0.29) is 12.1 Å². The van der Waals surface area contributed by atoms with Crippen LogP contribution in [0.1, 0.15) is 11.7 Å². The van der Waals surface area contributed by atoms with E-state index in [1.165, 1.54) is 6.07 Å². The molecule has 1 heterocycles. The molecular formula is C12H14F2N4O. The summed E-state index contributed by atoms with van der Waals surface area (Å²) in [6.45, 7) is 1.33. The topological polar surface area (TPSA) is 63.0 Å². The van der Waals surface area contributed by atoms with Crippen molar-refractivity contribution in [2.75, 3.05) is 13.1 Å². The molecule has 0 aliphatic carbocycles. The molecule has 0 aliphatic heterocycles. The summed E-state index contributed by atoms with van der Waals surface area (Å²) in [5.41, 5.74) is 0.0784. The molecule has 0 bridgehead atoms. The Kier molecular flexibility index (Phi) is 4.53. The Morgan fingerprint density at radius 3 is 2.89 bits per heavy atom. The summed E-state index contributed by atoms with van der Waals surface area (Å²) in [5.74, 6) is -1.40. The van der Waals surface area contributed by atoms with E-state index in [4.69, 9.17) is 0 Å². The van der Waals surface area contributed by atoms with Crippen LogP contribution in [0.5, 0.6) is 0 Å². The van der Waals surface area contributed by atoms with Crippen LogP contribution in [0.2, 0.25) is 0 Å². The highest BCUT2D eigenvalue weighted by Crippen LogP contribution is 2.17. The third kappa shape index (κ3) is 3.80. The molecule has 102 valence electrons. The van der Waals surface area contributed by atoms with Gasteiger partial charge < -0.3 is 10.4 Å². The summed E-state index contributed by atoms with van der Waals surface area (Å²) < 4.78 is 27.7. The van der Waals surface area contributed by atoms with Crippen LogP contribution in [-0.4, -0.2) is 33.2 Å². The van der Waals surface area contributed by atoms with Crippen molar-refractivity contribution in [1.29, 1.82) is 0 Å². The monoisotopic (exact) mass is 268 g/mol. The van der Waals surface area contributed by atoms with Crippen LogP contribution in [0.3, 0.4) is 0 Å². The lowest BCUT2D eigenvalue weighted by molar-refractivity contribution is 0.169. The highest BCUT2D eigenvalue weighted by atomic mass is 19.1. The van der Waals surface area contributed by atoms with Crippen LogP contribution >= 0.6 is 0 Å². The lowest BCUT2D eigenvalue weighted by Crippen LogP contribution is -2.26. The number of nitrogens with zero attached hydrogens (tertiary/aromatic N) is 3. The molecule has 0 spiro atoms. The molecule has 2 N–H and O–H groups in total. The van der Waals surface area contributed by atoms with E-state index >= 15 is 0 Å². The fourth-order valence-corrected chi connectivity index (χ4v) is 1.67. The summed E-state index contributed by atoms with van der Waals surface area (Å²) in [7, 11) is 0. The second-order valence-electron chi connectivity index (χ2n) is 4.05. The molecule has 7 heteroatoms. The van der Waals surface area contributed by atoms with Gasteiger partial charge in [0.25, 0.3) is 0 Å². The first-order valence-corrected chi connectivity index (χ1v) is 5.84. The van der Waals surface area contributed by atoms with Crippen LogP contribution in [0, 0.1) is 11.6 Å². The van der Waals surface area contributed by atoms with Gasteiger partial charge in [0.1, 0.15) is 11.6 Å². The number of rotatable bonds is 6. The van der Waals surface area contributed by atoms with Gasteiger partial charge in [0.2, 0.25) is 0 Å². The smallest absolute Gasteiger partial charge is 0.131 e. The van der Waals surface area contributed by atoms with E-state index in [9.17, 15) is 13.9 Å². The van der Waals surface area contributed by atoms with Gasteiger partial charge in [-0.15, -0.1) is 5.10 Å². The normalized spacial score (nSPS) is 12.6. The van der Waals surface area contributed by atoms with Crippen LogP contribution in [-0.2, 0) is 6.54 Å². The molecule has 1 unspecified atom stereocenters. The van der Waals surface area contributed by atoms with Gasteiger partial charge in [-0.3, -0.25) is 4.68 Å². The minimum absolute atomic E-state index is 0.0784. The van der Waals surface area contributed by atoms with E-state index in [1.54, 1.807) is 17.1 Å². The Bertz CT molecular complexity index is 518. The summed E-state index contributed by atoms with van der Waals surface area (Å²) in [6, 6.07) is 3.12. The highest BCUT2D eigenvalue weighted by Gasteiger charge is 2.12. The molecule has 0 amide bonds. The van der Waals surface area contributed by atoms with Crippen molar-refractivity contribution >= 4 is 0 Å². The van der Waals surface area contributed by atoms with Crippen molar-refractivity contribution in [1.82, 2.24) is 20.3 Å². The van der Waals surface area contributed by atoms with E-state index in [1.807, 2.05) is 0 Å². The minimum atomic E-state index is -1.02. The first-order valence-electron chi connectivity index (χ1n) is 5.84. The molecule has 0 saturated heterocycles. The Labute approximate surface area is 108 Å². The van der Waals surface area contributed by atoms with E-state index in [0.29, 0.717) is 13.1 Å². The summed E-state index contributed by atoms with van der Waals surface area (Å²) in [4.78, 5) is 0. The zero-order valence-corrected chi connectivity index (χ0v) is 10.1. The Morgan fingerprint density at radius 1 is 1.37 bits per heavy atom. The van der Waals surface area contributed by atoms with E-state index in [2.05, 4.69) is 15.6 Å². The number of hydrogen-bond donors (Lipinski definition) is 2. The largest absolute Gasteiger partial charge is 0.387 e. The zero-order chi connectivity index (χ0) is 13.7. The second kappa shape index (κ2) is 6.35. The van der Waals surface area contributed by atoms with Gasteiger partial charge in [0.05, 0.1) is 18.8 Å². The van der Waals surface area contributed by atoms with Crippen molar-refractivity contribution in [3.8, 4) is 0 Å². The minimum Gasteiger partial charge on any atom is -0.387 e. The van der Waals surface area contributed by atoms with Crippen LogP contribution in [0.15, 0.2) is 30.6 Å². The summed E-state index contributed by atoms with van der Waals surface area (Å²) >= 11 is 0. The molecule has 1 aromatic carbocycles. The molecule has 0 fully saturated rings. The van der Waals surface area contributed by atoms with Crippen LogP contribution in [0.4, 0.5) is 8.78 Å².